The molecule has 0 radical (unpaired) electrons. The van der Waals surface area contributed by atoms with Crippen molar-refractivity contribution in [2.75, 3.05) is 7.11 Å². The van der Waals surface area contributed by atoms with E-state index < -0.39 is 0 Å². The van der Waals surface area contributed by atoms with E-state index in [0.717, 1.165) is 57.4 Å². The molecule has 0 saturated heterocycles. The third-order valence-electron chi connectivity index (χ3n) is 5.83. The summed E-state index contributed by atoms with van der Waals surface area (Å²) in [6.45, 7) is 1.31. The number of nitrogens with zero attached hydrogens (tertiary/aromatic N) is 2. The average Bonchev–Trinajstić information content (AvgIpc) is 3.02. The summed E-state index contributed by atoms with van der Waals surface area (Å²) in [5.74, 6) is 1.66. The van der Waals surface area contributed by atoms with E-state index in [9.17, 15) is 0 Å². The lowest BCUT2D eigenvalue weighted by atomic mass is 9.95. The molecule has 0 saturated carbocycles. The number of fused-ring (bicyclic) bond motifs is 2. The Morgan fingerprint density at radius 2 is 1.79 bits per heavy atom. The van der Waals surface area contributed by atoms with Crippen LogP contribution in [0.4, 0.5) is 0 Å². The van der Waals surface area contributed by atoms with Crippen LogP contribution < -0.4 is 14.0 Å². The Balaban J connectivity index is 1.40. The normalized spacial score (nSPS) is 13.6. The molecule has 1 aliphatic heterocycles. The first kappa shape index (κ1) is 21.2. The molecule has 0 bridgehead atoms. The highest BCUT2D eigenvalue weighted by atomic mass is 35.5. The fourth-order valence-corrected chi connectivity index (χ4v) is 4.21. The molecule has 0 amide bonds. The van der Waals surface area contributed by atoms with E-state index in [2.05, 4.69) is 46.2 Å². The van der Waals surface area contributed by atoms with Crippen LogP contribution in [0.25, 0.3) is 16.7 Å². The van der Waals surface area contributed by atoms with Crippen molar-refractivity contribution in [2.45, 2.75) is 19.6 Å². The summed E-state index contributed by atoms with van der Waals surface area (Å²) in [5, 5.41) is 0.748. The van der Waals surface area contributed by atoms with Crippen molar-refractivity contribution in [3.8, 4) is 22.6 Å². The molecule has 0 spiro atoms. The van der Waals surface area contributed by atoms with Gasteiger partial charge in [-0.3, -0.25) is 4.98 Å². The summed E-state index contributed by atoms with van der Waals surface area (Å²) in [4.78, 5) is 4.55. The van der Waals surface area contributed by atoms with Crippen LogP contribution in [0, 0.1) is 0 Å². The molecule has 33 heavy (non-hydrogen) atoms. The van der Waals surface area contributed by atoms with Crippen LogP contribution in [0.5, 0.6) is 11.5 Å². The Bertz CT molecular complexity index is 1300. The van der Waals surface area contributed by atoms with Crippen molar-refractivity contribution in [3.63, 3.8) is 0 Å². The van der Waals surface area contributed by atoms with Gasteiger partial charge in [-0.1, -0.05) is 35.9 Å². The largest absolute Gasteiger partial charge is 0.497 e. The minimum absolute atomic E-state index is 0.452. The molecule has 0 atom stereocenters. The van der Waals surface area contributed by atoms with E-state index in [1.54, 1.807) is 7.11 Å². The highest BCUT2D eigenvalue weighted by molar-refractivity contribution is 6.30. The van der Waals surface area contributed by atoms with Crippen molar-refractivity contribution in [2.24, 2.45) is 0 Å². The first-order valence-electron chi connectivity index (χ1n) is 10.9. The Hall–Kier alpha value is -3.63. The second-order valence-electron chi connectivity index (χ2n) is 7.89. The number of aromatic nitrogens is 2. The van der Waals surface area contributed by atoms with Crippen LogP contribution in [0.15, 0.2) is 91.4 Å². The Kier molecular flexibility index (Phi) is 6.09. The highest BCUT2D eigenvalue weighted by Gasteiger charge is 2.20. The molecular formula is C28H24ClN2O2+. The van der Waals surface area contributed by atoms with E-state index >= 15 is 0 Å². The molecule has 1 aliphatic rings. The van der Waals surface area contributed by atoms with E-state index in [1.165, 1.54) is 5.56 Å². The molecule has 5 heteroatoms. The number of pyridine rings is 2. The first-order chi connectivity index (χ1) is 16.2. The van der Waals surface area contributed by atoms with Crippen molar-refractivity contribution >= 4 is 17.2 Å². The highest BCUT2D eigenvalue weighted by Crippen LogP contribution is 2.38. The van der Waals surface area contributed by atoms with Gasteiger partial charge in [-0.15, -0.1) is 0 Å². The third kappa shape index (κ3) is 4.62. The number of aryl methyl sites for hydroxylation is 1. The molecule has 0 N–H and O–H groups in total. The summed E-state index contributed by atoms with van der Waals surface area (Å²) in [7, 11) is 1.68. The minimum atomic E-state index is 0.452. The van der Waals surface area contributed by atoms with Crippen LogP contribution in [0.3, 0.4) is 0 Å². The summed E-state index contributed by atoms with van der Waals surface area (Å²) >= 11 is 6.01. The van der Waals surface area contributed by atoms with Gasteiger partial charge < -0.3 is 9.47 Å². The van der Waals surface area contributed by atoms with Crippen molar-refractivity contribution in [1.82, 2.24) is 4.98 Å². The van der Waals surface area contributed by atoms with Gasteiger partial charge in [-0.25, -0.2) is 4.57 Å². The topological polar surface area (TPSA) is 35.2 Å². The lowest BCUT2D eigenvalue weighted by Crippen LogP contribution is -2.32. The van der Waals surface area contributed by atoms with Crippen LogP contribution >= 0.6 is 11.6 Å². The molecular weight excluding hydrogens is 432 g/mol. The molecule has 5 rings (SSSR count). The Morgan fingerprint density at radius 3 is 2.58 bits per heavy atom. The molecule has 0 fully saturated rings. The maximum Gasteiger partial charge on any atom is 0.169 e. The van der Waals surface area contributed by atoms with Gasteiger partial charge in [0, 0.05) is 40.9 Å². The molecule has 0 unspecified atom stereocenters. The van der Waals surface area contributed by atoms with Crippen LogP contribution in [-0.4, -0.2) is 12.1 Å². The zero-order chi connectivity index (χ0) is 22.6. The summed E-state index contributed by atoms with van der Waals surface area (Å²) < 4.78 is 13.7. The maximum atomic E-state index is 6.06. The fourth-order valence-electron chi connectivity index (χ4n) is 4.08. The monoisotopic (exact) mass is 455 g/mol. The number of benzene rings is 2. The number of ether oxygens (including phenoxy) is 2. The predicted molar refractivity (Wildman–Crippen MR) is 130 cm³/mol. The minimum Gasteiger partial charge on any atom is -0.497 e. The number of allylic oxidation sites excluding steroid dienone is 1. The molecule has 164 valence electrons. The van der Waals surface area contributed by atoms with Gasteiger partial charge in [0.15, 0.2) is 18.9 Å². The molecule has 4 nitrogen and oxygen atoms in total. The second-order valence-corrected chi connectivity index (χ2v) is 8.32. The SMILES string of the molecule is COc1ccc2c(c1)C(=CCC[n+]1ccc(-c3ccc(Cl)cc3)cc1)c1cccnc1CO2. The Labute approximate surface area is 198 Å². The van der Waals surface area contributed by atoms with Gasteiger partial charge in [-0.05, 0) is 53.1 Å². The van der Waals surface area contributed by atoms with E-state index in [1.807, 2.05) is 54.7 Å². The quantitative estimate of drug-likeness (QED) is 0.340. The van der Waals surface area contributed by atoms with Gasteiger partial charge in [-0.2, -0.15) is 0 Å². The second kappa shape index (κ2) is 9.47. The van der Waals surface area contributed by atoms with E-state index in [-0.39, 0.29) is 0 Å². The molecule has 0 aliphatic carbocycles. The lowest BCUT2D eigenvalue weighted by molar-refractivity contribution is -0.696. The lowest BCUT2D eigenvalue weighted by Gasteiger charge is -2.11. The summed E-state index contributed by atoms with van der Waals surface area (Å²) in [6.07, 6.45) is 9.18. The fraction of sp³-hybridized carbons (Fsp3) is 0.143. The number of methoxy groups -OCH3 is 1. The zero-order valence-electron chi connectivity index (χ0n) is 18.4. The van der Waals surface area contributed by atoms with Gasteiger partial charge >= 0.3 is 0 Å². The van der Waals surface area contributed by atoms with Crippen LogP contribution in [0.2, 0.25) is 5.02 Å². The van der Waals surface area contributed by atoms with Crippen molar-refractivity contribution < 1.29 is 14.0 Å². The Morgan fingerprint density at radius 1 is 1.00 bits per heavy atom. The van der Waals surface area contributed by atoms with E-state index in [4.69, 9.17) is 21.1 Å². The smallest absolute Gasteiger partial charge is 0.169 e. The average molecular weight is 456 g/mol. The number of rotatable bonds is 5. The number of halogens is 1. The number of hydrogen-bond donors (Lipinski definition) is 0. The third-order valence-corrected chi connectivity index (χ3v) is 6.08. The molecule has 2 aromatic heterocycles. The van der Waals surface area contributed by atoms with Gasteiger partial charge in [0.05, 0.1) is 12.8 Å². The molecule has 4 aromatic rings. The van der Waals surface area contributed by atoms with Gasteiger partial charge in [0.25, 0.3) is 0 Å². The first-order valence-corrected chi connectivity index (χ1v) is 11.3. The predicted octanol–water partition coefficient (Wildman–Crippen LogP) is 6.11. The van der Waals surface area contributed by atoms with Gasteiger partial charge in [0.2, 0.25) is 0 Å². The van der Waals surface area contributed by atoms with E-state index in [0.29, 0.717) is 6.61 Å². The molecule has 3 heterocycles. The maximum absolute atomic E-state index is 6.06. The standard InChI is InChI=1S/C28H24ClN2O2/c1-32-23-10-11-28-26(18-23)24(25-4-2-14-30-27(25)19-33-28)5-3-15-31-16-12-21(13-17-31)20-6-8-22(29)9-7-20/h2,4-14,16-18H,3,15,19H2,1H3/q+1. The zero-order valence-corrected chi connectivity index (χ0v) is 19.1. The number of hydrogen-bond acceptors (Lipinski definition) is 3. The summed E-state index contributed by atoms with van der Waals surface area (Å²) in [5.41, 5.74) is 6.53. The van der Waals surface area contributed by atoms with Crippen molar-refractivity contribution in [1.29, 1.82) is 0 Å². The van der Waals surface area contributed by atoms with Gasteiger partial charge in [0.1, 0.15) is 18.1 Å². The molecule has 2 aromatic carbocycles. The van der Waals surface area contributed by atoms with Crippen LogP contribution in [0.1, 0.15) is 23.2 Å². The van der Waals surface area contributed by atoms with Crippen molar-refractivity contribution in [3.05, 3.63) is 113 Å². The van der Waals surface area contributed by atoms with Crippen LogP contribution in [-0.2, 0) is 13.2 Å². The summed E-state index contributed by atoms with van der Waals surface area (Å²) in [6, 6.07) is 22.2.